The third kappa shape index (κ3) is 5.03. The molecule has 1 heterocycles. The summed E-state index contributed by atoms with van der Waals surface area (Å²) >= 11 is 0. The molecule has 2 bridgehead atoms. The largest absolute Gasteiger partial charge is 0.481 e. The van der Waals surface area contributed by atoms with Crippen molar-refractivity contribution >= 4 is 17.7 Å². The molecular weight excluding hydrogens is 606 g/mol. The first-order valence-electron chi connectivity index (χ1n) is 18.6. The van der Waals surface area contributed by atoms with Crippen LogP contribution in [-0.2, 0) is 28.6 Å². The maximum Gasteiger partial charge on any atom is 0.308 e. The summed E-state index contributed by atoms with van der Waals surface area (Å²) in [5, 5.41) is 11.0. The van der Waals surface area contributed by atoms with Gasteiger partial charge in [-0.2, -0.15) is 0 Å². The molecule has 5 rings (SSSR count). The number of esters is 1. The van der Waals surface area contributed by atoms with Gasteiger partial charge < -0.3 is 24.2 Å². The van der Waals surface area contributed by atoms with Crippen LogP contribution in [-0.4, -0.2) is 79.4 Å². The van der Waals surface area contributed by atoms with Crippen LogP contribution in [0.1, 0.15) is 108 Å². The van der Waals surface area contributed by atoms with Gasteiger partial charge in [0, 0.05) is 28.7 Å². The number of hydrogen-bond acceptors (Lipinski definition) is 7. The number of likely N-dealkylation sites (N-methyl/N-ethyl adjacent to an activating group) is 1. The number of nitrogens with zero attached hydrogens (tertiary/aromatic N) is 1. The fourth-order valence-electron chi connectivity index (χ4n) is 12.0. The second-order valence-electron chi connectivity index (χ2n) is 18.7. The molecule has 272 valence electrons. The Morgan fingerprint density at radius 1 is 1.06 bits per heavy atom. The smallest absolute Gasteiger partial charge is 0.308 e. The molecule has 0 amide bonds. The van der Waals surface area contributed by atoms with Gasteiger partial charge in [-0.3, -0.25) is 14.4 Å². The molecule has 1 saturated heterocycles. The minimum atomic E-state index is -1.05. The van der Waals surface area contributed by atoms with E-state index in [4.69, 9.17) is 14.2 Å². The first-order chi connectivity index (χ1) is 22.1. The summed E-state index contributed by atoms with van der Waals surface area (Å²) in [6.07, 6.45) is 4.93. The number of rotatable bonds is 9. The van der Waals surface area contributed by atoms with Crippen LogP contribution in [0.25, 0.3) is 0 Å². The topological polar surface area (TPSA) is 102 Å². The molecule has 0 aromatic carbocycles. The van der Waals surface area contributed by atoms with Crippen LogP contribution in [0.15, 0.2) is 11.6 Å². The lowest BCUT2D eigenvalue weighted by atomic mass is 9.34. The molecule has 0 aromatic rings. The summed E-state index contributed by atoms with van der Waals surface area (Å²) in [7, 11) is 4.16. The van der Waals surface area contributed by atoms with E-state index in [0.29, 0.717) is 38.1 Å². The monoisotopic (exact) mass is 671 g/mol. The van der Waals surface area contributed by atoms with Crippen LogP contribution < -0.4 is 0 Å². The van der Waals surface area contributed by atoms with Gasteiger partial charge in [-0.15, -0.1) is 0 Å². The number of carbonyl (C=O) groups is 3. The van der Waals surface area contributed by atoms with E-state index in [1.165, 1.54) is 6.92 Å². The Bertz CT molecular complexity index is 1330. The molecular formula is C40H65NO7. The Balaban J connectivity index is 1.61. The van der Waals surface area contributed by atoms with E-state index < -0.39 is 45.1 Å². The van der Waals surface area contributed by atoms with E-state index >= 15 is 0 Å². The van der Waals surface area contributed by atoms with Crippen LogP contribution in [0.5, 0.6) is 0 Å². The molecule has 3 saturated carbocycles. The van der Waals surface area contributed by atoms with Crippen LogP contribution in [0, 0.1) is 62.6 Å². The van der Waals surface area contributed by atoms with E-state index in [1.807, 2.05) is 13.0 Å². The SMILES string of the molecule is CC(=O)O[C@@H]1C[C@@]23COC[C@@](C)([C@@H]2CC[C@H]2C3=CC(=O)[C@@]3(C)[C@H](C(=O)O)[C@@](C)([C@H](C)C(C)C)CC[C@]23C)[C@H]1OC[C@](C)(C(C)C)N(C)C. The summed E-state index contributed by atoms with van der Waals surface area (Å²) < 4.78 is 19.7. The van der Waals surface area contributed by atoms with Crippen LogP contribution in [0.2, 0.25) is 0 Å². The summed E-state index contributed by atoms with van der Waals surface area (Å²) in [5.41, 5.74) is -2.15. The highest BCUT2D eigenvalue weighted by Crippen LogP contribution is 2.74. The van der Waals surface area contributed by atoms with Crippen molar-refractivity contribution in [3.63, 3.8) is 0 Å². The van der Waals surface area contributed by atoms with Crippen molar-refractivity contribution in [1.29, 1.82) is 0 Å². The summed E-state index contributed by atoms with van der Waals surface area (Å²) in [6, 6.07) is 0. The molecule has 4 fully saturated rings. The van der Waals surface area contributed by atoms with E-state index in [0.717, 1.165) is 31.3 Å². The quantitative estimate of drug-likeness (QED) is 0.260. The average Bonchev–Trinajstić information content (AvgIpc) is 2.97. The Hall–Kier alpha value is -1.77. The molecule has 12 atom stereocenters. The Labute approximate surface area is 290 Å². The van der Waals surface area contributed by atoms with E-state index in [9.17, 15) is 19.5 Å². The highest BCUT2D eigenvalue weighted by molar-refractivity contribution is 6.00. The van der Waals surface area contributed by atoms with Gasteiger partial charge in [0.05, 0.1) is 25.7 Å². The standard InChI is InChI=1S/C40H65NO7/c1-23(2)25(5)35(7)16-17-37(9)27-14-15-30-36(8)20-46-22-40(30,28(27)18-31(43)39(37,11)32(35)34(44)45)19-29(48-26(6)42)33(36)47-21-38(10,24(3)4)41(12)13/h18,23-25,27,29-30,32-33H,14-17,19-22H2,1-13H3,(H,44,45)/t25-,27+,29-,30+,32-,33+,35-,36+,37-,38-,39+,40+/m1/s1. The van der Waals surface area contributed by atoms with Crippen LogP contribution in [0.3, 0.4) is 0 Å². The molecule has 4 aliphatic carbocycles. The number of carboxylic acids is 1. The maximum atomic E-state index is 14.9. The molecule has 1 aliphatic heterocycles. The number of allylic oxidation sites excluding steroid dienone is 1. The van der Waals surface area contributed by atoms with Crippen LogP contribution in [0.4, 0.5) is 0 Å². The molecule has 0 unspecified atom stereocenters. The molecule has 1 N–H and O–H groups in total. The molecule has 0 aromatic heterocycles. The lowest BCUT2D eigenvalue weighted by molar-refractivity contribution is -0.270. The number of fused-ring (bicyclic) bond motifs is 3. The minimum absolute atomic E-state index is 0.0385. The lowest BCUT2D eigenvalue weighted by Gasteiger charge is -2.70. The summed E-state index contributed by atoms with van der Waals surface area (Å²) in [4.78, 5) is 43.2. The fraction of sp³-hybridized carbons (Fsp3) is 0.875. The summed E-state index contributed by atoms with van der Waals surface area (Å²) in [6.45, 7) is 24.6. The van der Waals surface area contributed by atoms with Gasteiger partial charge in [0.1, 0.15) is 12.2 Å². The van der Waals surface area contributed by atoms with Gasteiger partial charge in [-0.05, 0) is 99.6 Å². The number of ether oxygens (including phenoxy) is 3. The van der Waals surface area contributed by atoms with Gasteiger partial charge in [-0.1, -0.05) is 67.9 Å². The van der Waals surface area contributed by atoms with Crippen molar-refractivity contribution < 1.29 is 33.7 Å². The van der Waals surface area contributed by atoms with Gasteiger partial charge in [0.25, 0.3) is 0 Å². The number of aliphatic carboxylic acids is 1. The van der Waals surface area contributed by atoms with Crippen LogP contribution >= 0.6 is 0 Å². The van der Waals surface area contributed by atoms with Gasteiger partial charge in [0.15, 0.2) is 5.78 Å². The van der Waals surface area contributed by atoms with Gasteiger partial charge >= 0.3 is 11.9 Å². The van der Waals surface area contributed by atoms with E-state index in [2.05, 4.69) is 81.3 Å². The normalized spacial score (nSPS) is 44.3. The molecule has 5 aliphatic rings. The second kappa shape index (κ2) is 12.2. The third-order valence-corrected chi connectivity index (χ3v) is 16.1. The van der Waals surface area contributed by atoms with Crippen molar-refractivity contribution in [1.82, 2.24) is 4.90 Å². The summed E-state index contributed by atoms with van der Waals surface area (Å²) in [5.74, 6) is -1.06. The predicted octanol–water partition coefficient (Wildman–Crippen LogP) is 7.05. The minimum Gasteiger partial charge on any atom is -0.481 e. The molecule has 8 nitrogen and oxygen atoms in total. The third-order valence-electron chi connectivity index (χ3n) is 16.1. The van der Waals surface area contributed by atoms with Crippen molar-refractivity contribution in [3.8, 4) is 0 Å². The first kappa shape index (κ1) is 37.5. The van der Waals surface area contributed by atoms with E-state index in [-0.39, 0.29) is 41.1 Å². The number of hydrogen-bond donors (Lipinski definition) is 1. The van der Waals surface area contributed by atoms with Crippen molar-refractivity contribution in [2.24, 2.45) is 62.6 Å². The zero-order valence-corrected chi connectivity index (χ0v) is 32.2. The Morgan fingerprint density at radius 3 is 2.25 bits per heavy atom. The number of carbonyl (C=O) groups excluding carboxylic acids is 2. The molecule has 0 spiro atoms. The van der Waals surface area contributed by atoms with Crippen molar-refractivity contribution in [2.75, 3.05) is 33.9 Å². The molecule has 8 heteroatoms. The maximum absolute atomic E-state index is 14.9. The van der Waals surface area contributed by atoms with Gasteiger partial charge in [-0.25, -0.2) is 0 Å². The number of carboxylic acid groups (broad SMARTS) is 1. The fourth-order valence-corrected chi connectivity index (χ4v) is 12.0. The Morgan fingerprint density at radius 2 is 1.71 bits per heavy atom. The molecule has 48 heavy (non-hydrogen) atoms. The van der Waals surface area contributed by atoms with Crippen molar-refractivity contribution in [3.05, 3.63) is 11.6 Å². The number of ketones is 1. The second-order valence-corrected chi connectivity index (χ2v) is 18.7. The Kier molecular flexibility index (Phi) is 9.51. The predicted molar refractivity (Wildman–Crippen MR) is 186 cm³/mol. The van der Waals surface area contributed by atoms with E-state index in [1.54, 1.807) is 0 Å². The van der Waals surface area contributed by atoms with Crippen molar-refractivity contribution in [2.45, 2.75) is 126 Å². The molecule has 0 radical (unpaired) electrons. The zero-order chi connectivity index (χ0) is 36.0. The highest BCUT2D eigenvalue weighted by Gasteiger charge is 2.74. The first-order valence-corrected chi connectivity index (χ1v) is 18.6. The zero-order valence-electron chi connectivity index (χ0n) is 32.2. The lowest BCUT2D eigenvalue weighted by Crippen LogP contribution is -2.71. The highest BCUT2D eigenvalue weighted by atomic mass is 16.6. The van der Waals surface area contributed by atoms with Gasteiger partial charge in [0.2, 0.25) is 0 Å². The average molecular weight is 672 g/mol.